The van der Waals surface area contributed by atoms with Crippen molar-refractivity contribution in [3.8, 4) is 0 Å². The third-order valence-corrected chi connectivity index (χ3v) is 0.711. The minimum absolute atomic E-state index is 0.0972. The largest absolute Gasteiger partial charge is 0.438 e. The molecule has 0 fully saturated rings. The minimum atomic E-state index is -0.428. The molecule has 0 radical (unpaired) electrons. The molecule has 0 aliphatic carbocycles. The lowest BCUT2D eigenvalue weighted by molar-refractivity contribution is -0.166. The highest BCUT2D eigenvalue weighted by Gasteiger charge is 2.02. The summed E-state index contributed by atoms with van der Waals surface area (Å²) in [6.07, 6.45) is -0.331. The van der Waals surface area contributed by atoms with Gasteiger partial charge in [-0.05, 0) is 20.8 Å². The molecule has 0 aromatic carbocycles. The fourth-order valence-electron chi connectivity index (χ4n) is 0.494. The van der Waals surface area contributed by atoms with Crippen LogP contribution in [0.25, 0.3) is 0 Å². The van der Waals surface area contributed by atoms with E-state index < -0.39 is 6.29 Å². The highest BCUT2D eigenvalue weighted by atomic mass is 16.7. The maximum absolute atomic E-state index is 9.69. The first-order valence-electron chi connectivity index (χ1n) is 2.91. The van der Waals surface area contributed by atoms with Crippen LogP contribution in [-0.2, 0) is 14.3 Å². The van der Waals surface area contributed by atoms with Crippen molar-refractivity contribution in [3.05, 3.63) is 0 Å². The zero-order chi connectivity index (χ0) is 7.28. The summed E-state index contributed by atoms with van der Waals surface area (Å²) in [4.78, 5) is 9.69. The number of rotatable bonds is 4. The van der Waals surface area contributed by atoms with E-state index in [1.807, 2.05) is 13.8 Å². The quantitative estimate of drug-likeness (QED) is 0.421. The van der Waals surface area contributed by atoms with Gasteiger partial charge in [-0.1, -0.05) is 0 Å². The fourth-order valence-corrected chi connectivity index (χ4v) is 0.494. The third-order valence-electron chi connectivity index (χ3n) is 0.711. The molecule has 0 saturated heterocycles. The normalized spacial score (nSPS) is 13.3. The van der Waals surface area contributed by atoms with Crippen LogP contribution in [0.15, 0.2) is 0 Å². The number of hydrogen-bond donors (Lipinski definition) is 0. The molecule has 0 spiro atoms. The van der Waals surface area contributed by atoms with Crippen LogP contribution in [0.2, 0.25) is 0 Å². The van der Waals surface area contributed by atoms with Gasteiger partial charge in [0.2, 0.25) is 0 Å². The van der Waals surface area contributed by atoms with Gasteiger partial charge in [0.1, 0.15) is 0 Å². The maximum Gasteiger partial charge on any atom is 0.295 e. The average Bonchev–Trinajstić information content (AvgIpc) is 1.63. The van der Waals surface area contributed by atoms with E-state index >= 15 is 0 Å². The standard InChI is InChI=1S/C6H12O3/c1-5(2)9-6(3)8-4-7/h4-6H,1-3H3. The van der Waals surface area contributed by atoms with E-state index in [1.54, 1.807) is 6.92 Å². The van der Waals surface area contributed by atoms with Crippen LogP contribution in [-0.4, -0.2) is 18.9 Å². The van der Waals surface area contributed by atoms with Gasteiger partial charge in [-0.2, -0.15) is 0 Å². The van der Waals surface area contributed by atoms with Crippen molar-refractivity contribution in [3.63, 3.8) is 0 Å². The van der Waals surface area contributed by atoms with Gasteiger partial charge < -0.3 is 9.47 Å². The zero-order valence-electron chi connectivity index (χ0n) is 5.96. The molecule has 0 aromatic rings. The Morgan fingerprint density at radius 2 is 1.89 bits per heavy atom. The lowest BCUT2D eigenvalue weighted by Crippen LogP contribution is -2.16. The van der Waals surface area contributed by atoms with Crippen LogP contribution in [0.5, 0.6) is 0 Å². The van der Waals surface area contributed by atoms with Crippen molar-refractivity contribution in [1.82, 2.24) is 0 Å². The van der Waals surface area contributed by atoms with Crippen LogP contribution in [0.1, 0.15) is 20.8 Å². The van der Waals surface area contributed by atoms with Crippen LogP contribution in [0.4, 0.5) is 0 Å². The summed E-state index contributed by atoms with van der Waals surface area (Å²) in [7, 11) is 0. The van der Waals surface area contributed by atoms with Gasteiger partial charge in [-0.3, -0.25) is 4.79 Å². The number of ether oxygens (including phenoxy) is 2. The average molecular weight is 132 g/mol. The minimum Gasteiger partial charge on any atom is -0.438 e. The van der Waals surface area contributed by atoms with Crippen molar-refractivity contribution in [2.24, 2.45) is 0 Å². The molecule has 0 aliphatic rings. The predicted octanol–water partition coefficient (Wildman–Crippen LogP) is 0.930. The maximum atomic E-state index is 9.69. The Morgan fingerprint density at radius 1 is 1.33 bits per heavy atom. The first-order valence-corrected chi connectivity index (χ1v) is 2.91. The van der Waals surface area contributed by atoms with Gasteiger partial charge in [0.25, 0.3) is 6.47 Å². The van der Waals surface area contributed by atoms with Gasteiger partial charge in [-0.25, -0.2) is 0 Å². The Morgan fingerprint density at radius 3 is 2.22 bits per heavy atom. The van der Waals surface area contributed by atoms with E-state index in [1.165, 1.54) is 0 Å². The van der Waals surface area contributed by atoms with Crippen molar-refractivity contribution in [2.75, 3.05) is 0 Å². The molecule has 0 amide bonds. The van der Waals surface area contributed by atoms with Gasteiger partial charge in [-0.15, -0.1) is 0 Å². The fraction of sp³-hybridized carbons (Fsp3) is 0.833. The molecule has 1 atom stereocenters. The second kappa shape index (κ2) is 4.32. The summed E-state index contributed by atoms with van der Waals surface area (Å²) in [5.74, 6) is 0. The number of hydrogen-bond acceptors (Lipinski definition) is 3. The smallest absolute Gasteiger partial charge is 0.295 e. The molecule has 1 unspecified atom stereocenters. The molecular formula is C6H12O3. The SMILES string of the molecule is CC(C)OC(C)OC=O. The van der Waals surface area contributed by atoms with Crippen LogP contribution < -0.4 is 0 Å². The molecule has 0 aromatic heterocycles. The van der Waals surface area contributed by atoms with Gasteiger partial charge in [0, 0.05) is 0 Å². The second-order valence-electron chi connectivity index (χ2n) is 1.98. The Hall–Kier alpha value is -0.570. The Bertz CT molecular complexity index is 80.4. The van der Waals surface area contributed by atoms with E-state index in [4.69, 9.17) is 4.74 Å². The summed E-state index contributed by atoms with van der Waals surface area (Å²) in [6, 6.07) is 0. The van der Waals surface area contributed by atoms with Crippen molar-refractivity contribution in [2.45, 2.75) is 33.2 Å². The molecule has 0 heterocycles. The van der Waals surface area contributed by atoms with Crippen LogP contribution >= 0.6 is 0 Å². The Balaban J connectivity index is 3.25. The van der Waals surface area contributed by atoms with Crippen molar-refractivity contribution < 1.29 is 14.3 Å². The monoisotopic (exact) mass is 132 g/mol. The van der Waals surface area contributed by atoms with Crippen molar-refractivity contribution in [1.29, 1.82) is 0 Å². The summed E-state index contributed by atoms with van der Waals surface area (Å²) in [6.45, 7) is 5.82. The lowest BCUT2D eigenvalue weighted by atomic mass is 10.5. The van der Waals surface area contributed by atoms with Crippen LogP contribution in [0, 0.1) is 0 Å². The summed E-state index contributed by atoms with van der Waals surface area (Å²) < 4.78 is 9.49. The summed E-state index contributed by atoms with van der Waals surface area (Å²) in [5, 5.41) is 0. The Kier molecular flexibility index (Phi) is 4.05. The van der Waals surface area contributed by atoms with Crippen LogP contribution in [0.3, 0.4) is 0 Å². The number of carbonyl (C=O) groups is 1. The molecular weight excluding hydrogens is 120 g/mol. The molecule has 0 saturated carbocycles. The highest BCUT2D eigenvalue weighted by molar-refractivity contribution is 5.37. The molecule has 9 heavy (non-hydrogen) atoms. The van der Waals surface area contributed by atoms with E-state index in [9.17, 15) is 4.79 Å². The lowest BCUT2D eigenvalue weighted by Gasteiger charge is -2.12. The van der Waals surface area contributed by atoms with Gasteiger partial charge in [0.15, 0.2) is 6.29 Å². The molecule has 0 bridgehead atoms. The van der Waals surface area contributed by atoms with Gasteiger partial charge >= 0.3 is 0 Å². The molecule has 3 heteroatoms. The molecule has 0 aliphatic heterocycles. The second-order valence-corrected chi connectivity index (χ2v) is 1.98. The van der Waals surface area contributed by atoms with E-state index in [0.29, 0.717) is 6.47 Å². The van der Waals surface area contributed by atoms with E-state index in [-0.39, 0.29) is 6.10 Å². The zero-order valence-corrected chi connectivity index (χ0v) is 5.96. The van der Waals surface area contributed by atoms with Gasteiger partial charge in [0.05, 0.1) is 6.10 Å². The molecule has 0 N–H and O–H groups in total. The number of carbonyl (C=O) groups excluding carboxylic acids is 1. The first-order chi connectivity index (χ1) is 4.16. The predicted molar refractivity (Wildman–Crippen MR) is 32.8 cm³/mol. The summed E-state index contributed by atoms with van der Waals surface area (Å²) >= 11 is 0. The molecule has 0 rings (SSSR count). The highest BCUT2D eigenvalue weighted by Crippen LogP contribution is 1.95. The third kappa shape index (κ3) is 5.30. The topological polar surface area (TPSA) is 35.5 Å². The van der Waals surface area contributed by atoms with E-state index in [0.717, 1.165) is 0 Å². The van der Waals surface area contributed by atoms with Crippen molar-refractivity contribution >= 4 is 6.47 Å². The Labute approximate surface area is 55.0 Å². The molecule has 3 nitrogen and oxygen atoms in total. The summed E-state index contributed by atoms with van der Waals surface area (Å²) in [5.41, 5.74) is 0. The van der Waals surface area contributed by atoms with E-state index in [2.05, 4.69) is 4.74 Å². The molecule has 54 valence electrons. The first kappa shape index (κ1) is 8.43.